The van der Waals surface area contributed by atoms with Crippen LogP contribution in [0.25, 0.3) is 11.3 Å². The van der Waals surface area contributed by atoms with Gasteiger partial charge >= 0.3 is 0 Å². The number of aliphatic imine (C=N–C) groups is 1. The Bertz CT molecular complexity index is 1640. The predicted octanol–water partition coefficient (Wildman–Crippen LogP) is 4.12. The molecule has 11 nitrogen and oxygen atoms in total. The van der Waals surface area contributed by atoms with Gasteiger partial charge in [-0.3, -0.25) is 14.4 Å². The highest BCUT2D eigenvalue weighted by Gasteiger charge is 2.30. The Hall–Kier alpha value is -3.91. The van der Waals surface area contributed by atoms with Gasteiger partial charge in [0, 0.05) is 62.5 Å². The molecule has 3 amide bonds. The van der Waals surface area contributed by atoms with Gasteiger partial charge in [0.1, 0.15) is 0 Å². The molecule has 0 saturated carbocycles. The molecule has 3 N–H and O–H groups in total. The van der Waals surface area contributed by atoms with Crippen molar-refractivity contribution in [3.63, 3.8) is 0 Å². The predicted molar refractivity (Wildman–Crippen MR) is 164 cm³/mol. The van der Waals surface area contributed by atoms with E-state index in [-0.39, 0.29) is 56.4 Å². The number of nitrogens with one attached hydrogen (secondary N) is 2. The van der Waals surface area contributed by atoms with Crippen LogP contribution < -0.4 is 15.4 Å². The molecule has 1 aromatic heterocycles. The number of β-amino-alcohol motifs (C(OH)–C–C–N with tert-alkyl or cyclic N) is 1. The molecule has 2 fully saturated rings. The van der Waals surface area contributed by atoms with Gasteiger partial charge in [0.2, 0.25) is 12.8 Å². The summed E-state index contributed by atoms with van der Waals surface area (Å²) in [6.45, 7) is 0.543. The fraction of sp³-hybridized carbons (Fsp3) is 0.367. The Kier molecular flexibility index (Phi) is 10.1. The van der Waals surface area contributed by atoms with Crippen molar-refractivity contribution in [1.29, 1.82) is 0 Å². The number of imidazole rings is 1. The number of aromatic nitrogens is 2. The lowest BCUT2D eigenvalue weighted by molar-refractivity contribution is -0.122. The summed E-state index contributed by atoms with van der Waals surface area (Å²) in [4.78, 5) is 48.6. The molecular formula is C30H30Cl2F2N6O5. The van der Waals surface area contributed by atoms with Crippen LogP contribution in [0.3, 0.4) is 0 Å². The molecule has 238 valence electrons. The normalized spacial score (nSPS) is 18.8. The van der Waals surface area contributed by atoms with Crippen molar-refractivity contribution in [1.82, 2.24) is 19.8 Å². The van der Waals surface area contributed by atoms with E-state index in [2.05, 4.69) is 25.3 Å². The SMILES string of the molecule is Cn1c(-c2ccc(OCF)c(F)c2Cl)cnc1C(=O)Nc1ccc(C(=O)N2CCC(C(=O)/N=C\C3CNC[C@H]3O)CC2)c(Cl)c1. The number of piperidine rings is 1. The second-order valence-electron chi connectivity index (χ2n) is 10.7. The van der Waals surface area contributed by atoms with Crippen LogP contribution in [-0.4, -0.2) is 82.6 Å². The molecule has 0 radical (unpaired) electrons. The van der Waals surface area contributed by atoms with Crippen LogP contribution in [0.15, 0.2) is 41.5 Å². The molecule has 2 aliphatic heterocycles. The van der Waals surface area contributed by atoms with E-state index in [4.69, 9.17) is 23.2 Å². The highest BCUT2D eigenvalue weighted by molar-refractivity contribution is 6.34. The fourth-order valence-corrected chi connectivity index (χ4v) is 5.85. The number of anilines is 1. The molecule has 2 aliphatic rings. The molecule has 2 saturated heterocycles. The number of hydrogen-bond acceptors (Lipinski definition) is 7. The summed E-state index contributed by atoms with van der Waals surface area (Å²) in [6.07, 6.45) is 3.22. The van der Waals surface area contributed by atoms with Gasteiger partial charge in [-0.2, -0.15) is 0 Å². The van der Waals surface area contributed by atoms with Gasteiger partial charge in [0.25, 0.3) is 11.8 Å². The van der Waals surface area contributed by atoms with Gasteiger partial charge in [-0.15, -0.1) is 0 Å². The number of carbonyl (C=O) groups excluding carboxylic acids is 3. The molecule has 1 unspecified atom stereocenters. The highest BCUT2D eigenvalue weighted by Crippen LogP contribution is 2.35. The fourth-order valence-electron chi connectivity index (χ4n) is 5.34. The zero-order chi connectivity index (χ0) is 32.2. The molecule has 3 heterocycles. The van der Waals surface area contributed by atoms with Gasteiger partial charge < -0.3 is 29.9 Å². The van der Waals surface area contributed by atoms with Crippen LogP contribution in [0, 0.1) is 17.7 Å². The molecule has 45 heavy (non-hydrogen) atoms. The van der Waals surface area contributed by atoms with Gasteiger partial charge in [0.05, 0.1) is 33.6 Å². The number of aliphatic hydroxyl groups is 1. The summed E-state index contributed by atoms with van der Waals surface area (Å²) in [5.41, 5.74) is 1.11. The summed E-state index contributed by atoms with van der Waals surface area (Å²) in [5.74, 6) is -2.94. The van der Waals surface area contributed by atoms with E-state index < -0.39 is 24.7 Å². The van der Waals surface area contributed by atoms with Crippen LogP contribution in [0.1, 0.15) is 33.8 Å². The number of amides is 3. The zero-order valence-corrected chi connectivity index (χ0v) is 25.6. The van der Waals surface area contributed by atoms with Gasteiger partial charge in [0.15, 0.2) is 17.4 Å². The number of ether oxygens (including phenoxy) is 1. The van der Waals surface area contributed by atoms with Crippen LogP contribution in [0.5, 0.6) is 5.75 Å². The molecular weight excluding hydrogens is 633 g/mol. The number of carbonyl (C=O) groups is 3. The van der Waals surface area contributed by atoms with Crippen molar-refractivity contribution < 1.29 is 33.0 Å². The number of aliphatic hydroxyl groups excluding tert-OH is 1. The van der Waals surface area contributed by atoms with E-state index in [1.165, 1.54) is 47.3 Å². The van der Waals surface area contributed by atoms with Crippen molar-refractivity contribution in [2.24, 2.45) is 23.9 Å². The molecule has 0 bridgehead atoms. The Labute approximate surface area is 267 Å². The minimum absolute atomic E-state index is 0.0142. The minimum Gasteiger partial charge on any atom is -0.460 e. The first kappa shape index (κ1) is 32.5. The number of benzene rings is 2. The summed E-state index contributed by atoms with van der Waals surface area (Å²) in [6, 6.07) is 7.15. The average Bonchev–Trinajstić information content (AvgIpc) is 3.62. The van der Waals surface area contributed by atoms with Crippen LogP contribution in [0.4, 0.5) is 14.5 Å². The quantitative estimate of drug-likeness (QED) is 0.309. The third kappa shape index (κ3) is 7.01. The van der Waals surface area contributed by atoms with Crippen molar-refractivity contribution >= 4 is 52.8 Å². The van der Waals surface area contributed by atoms with Crippen molar-refractivity contribution in [2.75, 3.05) is 38.4 Å². The average molecular weight is 664 g/mol. The topological polar surface area (TPSA) is 138 Å². The van der Waals surface area contributed by atoms with Gasteiger partial charge in [-0.25, -0.2) is 18.8 Å². The number of hydrogen-bond donors (Lipinski definition) is 3. The summed E-state index contributed by atoms with van der Waals surface area (Å²) < 4.78 is 33.0. The number of likely N-dealkylation sites (tertiary alicyclic amines) is 1. The Morgan fingerprint density at radius 2 is 1.96 bits per heavy atom. The Morgan fingerprint density at radius 1 is 1.20 bits per heavy atom. The second kappa shape index (κ2) is 14.0. The maximum absolute atomic E-state index is 14.5. The maximum atomic E-state index is 14.5. The third-order valence-electron chi connectivity index (χ3n) is 7.93. The molecule has 15 heteroatoms. The van der Waals surface area contributed by atoms with Crippen LogP contribution in [-0.2, 0) is 11.8 Å². The number of nitrogens with zero attached hydrogens (tertiary/aromatic N) is 4. The van der Waals surface area contributed by atoms with E-state index in [1.54, 1.807) is 11.9 Å². The van der Waals surface area contributed by atoms with E-state index >= 15 is 0 Å². The Morgan fingerprint density at radius 3 is 2.62 bits per heavy atom. The summed E-state index contributed by atoms with van der Waals surface area (Å²) >= 11 is 12.6. The van der Waals surface area contributed by atoms with Crippen LogP contribution >= 0.6 is 23.2 Å². The summed E-state index contributed by atoms with van der Waals surface area (Å²) in [7, 11) is 1.55. The molecule has 5 rings (SSSR count). The lowest BCUT2D eigenvalue weighted by Gasteiger charge is -2.31. The monoisotopic (exact) mass is 662 g/mol. The third-order valence-corrected chi connectivity index (χ3v) is 8.62. The standard InChI is InChI=1S/C30H30Cl2F2N6O5/c1-39-22(20-4-5-24(45-15-33)26(34)25(20)32)13-36-27(39)29(43)38-18-2-3-19(21(31)10-18)30(44)40-8-6-16(7-9-40)28(42)37-12-17-11-35-14-23(17)41/h2-5,10,12-13,16-17,23,35,41H,6-9,11,14-15H2,1H3,(H,38,43)/b37-12-/t17?,23-/m1/s1. The lowest BCUT2D eigenvalue weighted by Crippen LogP contribution is -2.40. The second-order valence-corrected chi connectivity index (χ2v) is 11.5. The zero-order valence-electron chi connectivity index (χ0n) is 24.1. The first-order chi connectivity index (χ1) is 21.6. The van der Waals surface area contributed by atoms with Crippen molar-refractivity contribution in [3.8, 4) is 17.0 Å². The first-order valence-corrected chi connectivity index (χ1v) is 14.9. The van der Waals surface area contributed by atoms with Gasteiger partial charge in [-0.1, -0.05) is 23.2 Å². The maximum Gasteiger partial charge on any atom is 0.291 e. The van der Waals surface area contributed by atoms with Crippen LogP contribution in [0.2, 0.25) is 10.0 Å². The van der Waals surface area contributed by atoms with Crippen molar-refractivity contribution in [3.05, 3.63) is 63.8 Å². The smallest absolute Gasteiger partial charge is 0.291 e. The molecule has 3 aromatic rings. The highest BCUT2D eigenvalue weighted by atomic mass is 35.5. The first-order valence-electron chi connectivity index (χ1n) is 14.1. The number of alkyl halides is 1. The minimum atomic E-state index is -1.22. The van der Waals surface area contributed by atoms with E-state index in [1.807, 2.05) is 0 Å². The molecule has 2 aromatic carbocycles. The van der Waals surface area contributed by atoms with E-state index in [9.17, 15) is 28.3 Å². The van der Waals surface area contributed by atoms with E-state index in [0.29, 0.717) is 50.4 Å². The lowest BCUT2D eigenvalue weighted by atomic mass is 9.95. The largest absolute Gasteiger partial charge is 0.460 e. The number of halogens is 4. The van der Waals surface area contributed by atoms with Gasteiger partial charge in [-0.05, 0) is 43.2 Å². The van der Waals surface area contributed by atoms with Crippen molar-refractivity contribution in [2.45, 2.75) is 18.9 Å². The molecule has 2 atom stereocenters. The molecule has 0 spiro atoms. The Balaban J connectivity index is 1.19. The molecule has 0 aliphatic carbocycles. The summed E-state index contributed by atoms with van der Waals surface area (Å²) in [5, 5.41) is 15.4. The van der Waals surface area contributed by atoms with E-state index in [0.717, 1.165) is 0 Å². The number of rotatable bonds is 8.